The zero-order chi connectivity index (χ0) is 19.2. The van der Waals surface area contributed by atoms with Crippen molar-refractivity contribution in [2.24, 2.45) is 0 Å². The first-order chi connectivity index (χ1) is 12.8. The van der Waals surface area contributed by atoms with E-state index in [9.17, 15) is 8.42 Å². The average Bonchev–Trinajstić information content (AvgIpc) is 3.19. The number of benzene rings is 2. The summed E-state index contributed by atoms with van der Waals surface area (Å²) in [6.45, 7) is 3.79. The van der Waals surface area contributed by atoms with Crippen molar-refractivity contribution >= 4 is 59.5 Å². The maximum Gasteiger partial charge on any atom is 0.262 e. The smallest absolute Gasteiger partial charge is 0.262 e. The largest absolute Gasteiger partial charge is 0.270 e. The van der Waals surface area contributed by atoms with Gasteiger partial charge in [-0.1, -0.05) is 29.8 Å². The van der Waals surface area contributed by atoms with Gasteiger partial charge in [-0.3, -0.25) is 4.72 Å². The summed E-state index contributed by atoms with van der Waals surface area (Å²) in [6.07, 6.45) is 0. The fourth-order valence-corrected chi connectivity index (χ4v) is 6.37. The van der Waals surface area contributed by atoms with E-state index in [0.29, 0.717) is 10.0 Å². The molecule has 2 aromatic heterocycles. The van der Waals surface area contributed by atoms with Gasteiger partial charge in [0.05, 0.1) is 15.1 Å². The molecule has 8 heteroatoms. The zero-order valence-electron chi connectivity index (χ0n) is 14.5. The summed E-state index contributed by atoms with van der Waals surface area (Å²) in [5.74, 6) is 0. The first-order valence-electron chi connectivity index (χ1n) is 8.08. The van der Waals surface area contributed by atoms with Gasteiger partial charge in [0.25, 0.3) is 10.0 Å². The Morgan fingerprint density at radius 3 is 2.59 bits per heavy atom. The Balaban J connectivity index is 1.76. The average molecular weight is 435 g/mol. The maximum absolute atomic E-state index is 12.8. The van der Waals surface area contributed by atoms with Gasteiger partial charge in [-0.15, -0.1) is 22.7 Å². The molecule has 2 aromatic carbocycles. The molecule has 0 unspecified atom stereocenters. The van der Waals surface area contributed by atoms with E-state index in [1.165, 1.54) is 17.4 Å². The minimum atomic E-state index is -3.75. The summed E-state index contributed by atoms with van der Waals surface area (Å²) < 4.78 is 29.5. The Kier molecular flexibility index (Phi) is 4.71. The van der Waals surface area contributed by atoms with E-state index in [-0.39, 0.29) is 4.90 Å². The van der Waals surface area contributed by atoms with Crippen LogP contribution in [0.2, 0.25) is 5.02 Å². The van der Waals surface area contributed by atoms with Gasteiger partial charge in [0.2, 0.25) is 0 Å². The van der Waals surface area contributed by atoms with Crippen molar-refractivity contribution in [3.8, 4) is 10.6 Å². The molecule has 0 saturated carbocycles. The Morgan fingerprint density at radius 2 is 1.85 bits per heavy atom. The first kappa shape index (κ1) is 18.4. The highest BCUT2D eigenvalue weighted by molar-refractivity contribution is 7.93. The van der Waals surface area contributed by atoms with Crippen molar-refractivity contribution in [3.05, 3.63) is 64.0 Å². The second-order valence-corrected chi connectivity index (χ2v) is 10.1. The highest BCUT2D eigenvalue weighted by Crippen LogP contribution is 2.41. The second-order valence-electron chi connectivity index (χ2n) is 6.13. The molecule has 0 bridgehead atoms. The topological polar surface area (TPSA) is 59.1 Å². The molecule has 4 rings (SSSR count). The predicted octanol–water partition coefficient (Wildman–Crippen LogP) is 6.10. The number of rotatable bonds is 4. The van der Waals surface area contributed by atoms with Crippen LogP contribution in [0.25, 0.3) is 20.8 Å². The van der Waals surface area contributed by atoms with Crippen LogP contribution in [0.15, 0.2) is 52.7 Å². The van der Waals surface area contributed by atoms with Crippen molar-refractivity contribution < 1.29 is 8.42 Å². The van der Waals surface area contributed by atoms with Crippen molar-refractivity contribution in [3.63, 3.8) is 0 Å². The Labute approximate surface area is 170 Å². The summed E-state index contributed by atoms with van der Waals surface area (Å²) in [5, 5.41) is 3.71. The van der Waals surface area contributed by atoms with E-state index in [1.54, 1.807) is 23.5 Å². The number of sulfonamides is 1. The molecule has 0 radical (unpaired) electrons. The van der Waals surface area contributed by atoms with Crippen molar-refractivity contribution in [1.82, 2.24) is 4.98 Å². The third-order valence-electron chi connectivity index (χ3n) is 4.16. The molecule has 0 aliphatic heterocycles. The van der Waals surface area contributed by atoms with Crippen LogP contribution in [0, 0.1) is 13.8 Å². The Hall–Kier alpha value is -1.93. The number of para-hydroxylation sites is 1. The van der Waals surface area contributed by atoms with Crippen LogP contribution < -0.4 is 4.72 Å². The van der Waals surface area contributed by atoms with Gasteiger partial charge >= 0.3 is 0 Å². The molecular weight excluding hydrogens is 420 g/mol. The lowest BCUT2D eigenvalue weighted by Crippen LogP contribution is -2.12. The van der Waals surface area contributed by atoms with E-state index in [1.807, 2.05) is 43.5 Å². The molecule has 0 aliphatic rings. The van der Waals surface area contributed by atoms with Gasteiger partial charge in [0.15, 0.2) is 0 Å². The minimum Gasteiger partial charge on any atom is -0.270 e. The van der Waals surface area contributed by atoms with Crippen molar-refractivity contribution in [1.29, 1.82) is 0 Å². The molecule has 0 atom stereocenters. The third-order valence-corrected chi connectivity index (χ3v) is 8.11. The second kappa shape index (κ2) is 6.91. The van der Waals surface area contributed by atoms with Crippen LogP contribution >= 0.6 is 34.3 Å². The van der Waals surface area contributed by atoms with Gasteiger partial charge < -0.3 is 0 Å². The molecular formula is C19H15ClN2O2S3. The van der Waals surface area contributed by atoms with Gasteiger partial charge in [-0.2, -0.15) is 0 Å². The van der Waals surface area contributed by atoms with E-state index < -0.39 is 10.0 Å². The molecule has 0 amide bonds. The van der Waals surface area contributed by atoms with E-state index in [4.69, 9.17) is 11.6 Å². The van der Waals surface area contributed by atoms with Crippen molar-refractivity contribution in [2.45, 2.75) is 18.7 Å². The molecule has 1 N–H and O–H groups in total. The number of hydrogen-bond donors (Lipinski definition) is 1. The van der Waals surface area contributed by atoms with Gasteiger partial charge in [-0.25, -0.2) is 13.4 Å². The number of thiophene rings is 1. The predicted molar refractivity (Wildman–Crippen MR) is 115 cm³/mol. The summed E-state index contributed by atoms with van der Waals surface area (Å²) in [6, 6.07) is 12.6. The molecule has 138 valence electrons. The van der Waals surface area contributed by atoms with E-state index in [2.05, 4.69) is 9.71 Å². The zero-order valence-corrected chi connectivity index (χ0v) is 17.7. The van der Waals surface area contributed by atoms with Gasteiger partial charge in [0.1, 0.15) is 10.0 Å². The molecule has 27 heavy (non-hydrogen) atoms. The van der Waals surface area contributed by atoms with Gasteiger partial charge in [0, 0.05) is 10.6 Å². The quantitative estimate of drug-likeness (QED) is 0.422. The number of nitrogens with one attached hydrogen (secondary N) is 1. The summed E-state index contributed by atoms with van der Waals surface area (Å²) in [4.78, 5) is 4.81. The molecule has 2 heterocycles. The summed E-state index contributed by atoms with van der Waals surface area (Å²) >= 11 is 9.00. The molecule has 4 aromatic rings. The Morgan fingerprint density at radius 1 is 1.07 bits per heavy atom. The molecule has 0 fully saturated rings. The lowest BCUT2D eigenvalue weighted by Gasteiger charge is -2.09. The summed E-state index contributed by atoms with van der Waals surface area (Å²) in [5.41, 5.74) is 3.54. The molecule has 0 spiro atoms. The SMILES string of the molecule is Cc1ccc(S(=O)(=O)Nc2scc(C)c2-c2nc3ccccc3s2)cc1Cl. The van der Waals surface area contributed by atoms with Gasteiger partial charge in [-0.05, 0) is 54.6 Å². The standard InChI is InChI=1S/C19H15ClN2O2S3/c1-11-7-8-13(9-14(11)20)27(23,24)22-19-17(12(2)10-25-19)18-21-15-5-3-4-6-16(15)26-18/h3-10,22H,1-2H3. The number of nitrogens with zero attached hydrogens (tertiary/aromatic N) is 1. The maximum atomic E-state index is 12.8. The number of aryl methyl sites for hydroxylation is 2. The summed E-state index contributed by atoms with van der Waals surface area (Å²) in [7, 11) is -3.75. The number of anilines is 1. The fourth-order valence-electron chi connectivity index (χ4n) is 2.69. The highest BCUT2D eigenvalue weighted by Gasteiger charge is 2.21. The van der Waals surface area contributed by atoms with Crippen LogP contribution in [0.1, 0.15) is 11.1 Å². The highest BCUT2D eigenvalue weighted by atomic mass is 35.5. The lowest BCUT2D eigenvalue weighted by atomic mass is 10.2. The van der Waals surface area contributed by atoms with Crippen LogP contribution in [0.5, 0.6) is 0 Å². The minimum absolute atomic E-state index is 0.138. The molecule has 0 saturated heterocycles. The van der Waals surface area contributed by atoms with Crippen LogP contribution in [-0.2, 0) is 10.0 Å². The molecule has 4 nitrogen and oxygen atoms in total. The number of thiazole rings is 1. The first-order valence-corrected chi connectivity index (χ1v) is 11.6. The van der Waals surface area contributed by atoms with Crippen molar-refractivity contribution in [2.75, 3.05) is 4.72 Å². The number of hydrogen-bond acceptors (Lipinski definition) is 5. The van der Waals surface area contributed by atoms with Crippen LogP contribution in [-0.4, -0.2) is 13.4 Å². The number of halogens is 1. The molecule has 0 aliphatic carbocycles. The fraction of sp³-hybridized carbons (Fsp3) is 0.105. The van der Waals surface area contributed by atoms with Crippen LogP contribution in [0.3, 0.4) is 0 Å². The van der Waals surface area contributed by atoms with Crippen LogP contribution in [0.4, 0.5) is 5.00 Å². The lowest BCUT2D eigenvalue weighted by molar-refractivity contribution is 0.601. The number of aromatic nitrogens is 1. The third kappa shape index (κ3) is 3.48. The number of fused-ring (bicyclic) bond motifs is 1. The monoisotopic (exact) mass is 434 g/mol. The van der Waals surface area contributed by atoms with E-state index in [0.717, 1.165) is 31.9 Å². The normalized spacial score (nSPS) is 11.8. The Bertz CT molecular complexity index is 1230. The van der Waals surface area contributed by atoms with E-state index >= 15 is 0 Å².